The first-order valence-corrected chi connectivity index (χ1v) is 7.81. The smallest absolute Gasteiger partial charge is 0.263 e. The Morgan fingerprint density at radius 2 is 1.67 bits per heavy atom. The van der Waals surface area contributed by atoms with E-state index in [1.807, 2.05) is 0 Å². The monoisotopic (exact) mass is 296 g/mol. The highest BCUT2D eigenvalue weighted by atomic mass is 19.3. The lowest BCUT2D eigenvalue weighted by molar-refractivity contribution is 0.0828. The minimum atomic E-state index is -2.41. The number of nitrogens with zero attached hydrogens (tertiary/aromatic N) is 1. The number of hydrogen-bond acceptors (Lipinski definition) is 2. The Morgan fingerprint density at radius 1 is 1.14 bits per heavy atom. The number of nitrogens with two attached hydrogens (primary N) is 1. The molecule has 21 heavy (non-hydrogen) atoms. The molecule has 1 saturated heterocycles. The van der Waals surface area contributed by atoms with Crippen molar-refractivity contribution in [3.63, 3.8) is 0 Å². The van der Waals surface area contributed by atoms with Crippen LogP contribution in [0.25, 0.3) is 0 Å². The van der Waals surface area contributed by atoms with Gasteiger partial charge in [0.05, 0.1) is 0 Å². The molecule has 4 heteroatoms. The van der Waals surface area contributed by atoms with Crippen molar-refractivity contribution in [2.75, 3.05) is 19.6 Å². The summed E-state index contributed by atoms with van der Waals surface area (Å²) in [6.45, 7) is 7.18. The lowest BCUT2D eigenvalue weighted by atomic mass is 9.78. The predicted molar refractivity (Wildman–Crippen MR) is 82.4 cm³/mol. The summed E-state index contributed by atoms with van der Waals surface area (Å²) < 4.78 is 25.3. The first-order valence-electron chi connectivity index (χ1n) is 7.81. The Kier molecular flexibility index (Phi) is 5.33. The van der Waals surface area contributed by atoms with E-state index in [2.05, 4.69) is 18.7 Å². The second-order valence-corrected chi connectivity index (χ2v) is 6.42. The molecule has 0 aliphatic carbocycles. The lowest BCUT2D eigenvalue weighted by Gasteiger charge is -2.42. The van der Waals surface area contributed by atoms with E-state index < -0.39 is 6.43 Å². The summed E-state index contributed by atoms with van der Waals surface area (Å²) in [5, 5.41) is 0. The van der Waals surface area contributed by atoms with Gasteiger partial charge in [-0.15, -0.1) is 0 Å². The van der Waals surface area contributed by atoms with Crippen LogP contribution in [0.2, 0.25) is 0 Å². The van der Waals surface area contributed by atoms with Crippen LogP contribution in [0.4, 0.5) is 8.78 Å². The first kappa shape index (κ1) is 16.4. The molecule has 0 aromatic heterocycles. The van der Waals surface area contributed by atoms with Gasteiger partial charge < -0.3 is 5.73 Å². The van der Waals surface area contributed by atoms with Crippen LogP contribution in [-0.4, -0.2) is 24.5 Å². The van der Waals surface area contributed by atoms with E-state index in [1.54, 1.807) is 12.1 Å². The van der Waals surface area contributed by atoms with Crippen molar-refractivity contribution in [1.82, 2.24) is 4.90 Å². The molecule has 1 aromatic carbocycles. The van der Waals surface area contributed by atoms with E-state index in [4.69, 9.17) is 5.73 Å². The van der Waals surface area contributed by atoms with Crippen LogP contribution >= 0.6 is 0 Å². The quantitative estimate of drug-likeness (QED) is 0.885. The summed E-state index contributed by atoms with van der Waals surface area (Å²) in [7, 11) is 0. The fraction of sp³-hybridized carbons (Fsp3) is 0.647. The molecule has 0 spiro atoms. The summed E-state index contributed by atoms with van der Waals surface area (Å²) >= 11 is 0. The Hall–Kier alpha value is -1.00. The Balaban J connectivity index is 2.06. The maximum atomic E-state index is 12.6. The molecule has 1 fully saturated rings. The first-order chi connectivity index (χ1) is 9.99. The van der Waals surface area contributed by atoms with E-state index in [9.17, 15) is 8.78 Å². The number of likely N-dealkylation sites (tertiary alicyclic amines) is 1. The standard InChI is InChI=1S/C17H26F2N2/c1-3-17(2)8-10-21(11-9-17)15(12-20)13-4-6-14(7-5-13)16(18)19/h4-7,15-16H,3,8-12,20H2,1-2H3. The van der Waals surface area contributed by atoms with Gasteiger partial charge in [-0.05, 0) is 36.9 Å². The van der Waals surface area contributed by atoms with Gasteiger partial charge in [0.1, 0.15) is 0 Å². The van der Waals surface area contributed by atoms with Gasteiger partial charge in [0, 0.05) is 18.2 Å². The normalized spacial score (nSPS) is 20.7. The lowest BCUT2D eigenvalue weighted by Crippen LogP contribution is -2.42. The number of alkyl halides is 2. The number of rotatable bonds is 5. The molecular formula is C17H26F2N2. The summed E-state index contributed by atoms with van der Waals surface area (Å²) in [6, 6.07) is 6.77. The second-order valence-electron chi connectivity index (χ2n) is 6.42. The molecule has 2 rings (SSSR count). The highest BCUT2D eigenvalue weighted by molar-refractivity contribution is 5.26. The minimum absolute atomic E-state index is 0.0757. The van der Waals surface area contributed by atoms with Crippen molar-refractivity contribution in [1.29, 1.82) is 0 Å². The van der Waals surface area contributed by atoms with Crippen molar-refractivity contribution in [2.24, 2.45) is 11.1 Å². The molecule has 1 aliphatic heterocycles. The van der Waals surface area contributed by atoms with Crippen molar-refractivity contribution >= 4 is 0 Å². The van der Waals surface area contributed by atoms with E-state index in [1.165, 1.54) is 31.4 Å². The van der Waals surface area contributed by atoms with E-state index >= 15 is 0 Å². The molecule has 1 aromatic rings. The van der Waals surface area contributed by atoms with Crippen LogP contribution in [0.3, 0.4) is 0 Å². The van der Waals surface area contributed by atoms with Gasteiger partial charge in [0.2, 0.25) is 0 Å². The molecular weight excluding hydrogens is 270 g/mol. The van der Waals surface area contributed by atoms with Crippen LogP contribution in [0.1, 0.15) is 56.7 Å². The maximum absolute atomic E-state index is 12.6. The molecule has 2 nitrogen and oxygen atoms in total. The van der Waals surface area contributed by atoms with Gasteiger partial charge in [-0.2, -0.15) is 0 Å². The molecule has 0 bridgehead atoms. The van der Waals surface area contributed by atoms with E-state index in [0.29, 0.717) is 12.0 Å². The average molecular weight is 296 g/mol. The average Bonchev–Trinajstić information content (AvgIpc) is 2.50. The molecule has 1 atom stereocenters. The third-order valence-electron chi connectivity index (χ3n) is 5.10. The van der Waals surface area contributed by atoms with Crippen LogP contribution in [0, 0.1) is 5.41 Å². The molecule has 0 saturated carbocycles. The highest BCUT2D eigenvalue weighted by Crippen LogP contribution is 2.36. The summed E-state index contributed by atoms with van der Waals surface area (Å²) in [5.41, 5.74) is 7.50. The zero-order chi connectivity index (χ0) is 15.5. The van der Waals surface area contributed by atoms with Crippen LogP contribution in [0.15, 0.2) is 24.3 Å². The highest BCUT2D eigenvalue weighted by Gasteiger charge is 2.31. The molecule has 1 unspecified atom stereocenters. The van der Waals surface area contributed by atoms with Crippen molar-refractivity contribution < 1.29 is 8.78 Å². The van der Waals surface area contributed by atoms with E-state index in [-0.39, 0.29) is 11.6 Å². The number of halogens is 2. The van der Waals surface area contributed by atoms with Gasteiger partial charge in [-0.3, -0.25) is 4.90 Å². The minimum Gasteiger partial charge on any atom is -0.329 e. The van der Waals surface area contributed by atoms with Gasteiger partial charge in [-0.25, -0.2) is 8.78 Å². The summed E-state index contributed by atoms with van der Waals surface area (Å²) in [6.07, 6.45) is 1.15. The third-order valence-corrected chi connectivity index (χ3v) is 5.10. The molecule has 118 valence electrons. The molecule has 0 amide bonds. The SMILES string of the molecule is CCC1(C)CCN(C(CN)c2ccc(C(F)F)cc2)CC1. The number of piperidine rings is 1. The van der Waals surface area contributed by atoms with Crippen molar-refractivity contribution in [3.05, 3.63) is 35.4 Å². The molecule has 1 aliphatic rings. The Morgan fingerprint density at radius 3 is 2.10 bits per heavy atom. The number of hydrogen-bond donors (Lipinski definition) is 1. The maximum Gasteiger partial charge on any atom is 0.263 e. The largest absolute Gasteiger partial charge is 0.329 e. The predicted octanol–water partition coefficient (Wildman–Crippen LogP) is 4.14. The fourth-order valence-corrected chi connectivity index (χ4v) is 3.09. The second kappa shape index (κ2) is 6.84. The van der Waals surface area contributed by atoms with Gasteiger partial charge >= 0.3 is 0 Å². The summed E-state index contributed by atoms with van der Waals surface area (Å²) in [5.74, 6) is 0. The van der Waals surface area contributed by atoms with Crippen LogP contribution in [-0.2, 0) is 0 Å². The van der Waals surface area contributed by atoms with Gasteiger partial charge in [-0.1, -0.05) is 44.5 Å². The molecule has 2 N–H and O–H groups in total. The Bertz CT molecular complexity index is 437. The van der Waals surface area contributed by atoms with Gasteiger partial charge in [0.25, 0.3) is 6.43 Å². The van der Waals surface area contributed by atoms with Crippen molar-refractivity contribution in [3.8, 4) is 0 Å². The fourth-order valence-electron chi connectivity index (χ4n) is 3.09. The molecule has 1 heterocycles. The van der Waals surface area contributed by atoms with E-state index in [0.717, 1.165) is 18.7 Å². The zero-order valence-electron chi connectivity index (χ0n) is 13.0. The number of benzene rings is 1. The topological polar surface area (TPSA) is 29.3 Å². The van der Waals surface area contributed by atoms with Crippen LogP contribution < -0.4 is 5.73 Å². The summed E-state index contributed by atoms with van der Waals surface area (Å²) in [4.78, 5) is 2.40. The van der Waals surface area contributed by atoms with Crippen LogP contribution in [0.5, 0.6) is 0 Å². The third kappa shape index (κ3) is 3.80. The zero-order valence-corrected chi connectivity index (χ0v) is 13.0. The Labute approximate surface area is 126 Å². The van der Waals surface area contributed by atoms with Crippen molar-refractivity contribution in [2.45, 2.75) is 45.6 Å². The van der Waals surface area contributed by atoms with Gasteiger partial charge in [0.15, 0.2) is 0 Å². The molecule has 0 radical (unpaired) electrons.